The lowest BCUT2D eigenvalue weighted by atomic mass is 10.0. The minimum atomic E-state index is -4.44. The van der Waals surface area contributed by atoms with E-state index in [0.29, 0.717) is 5.56 Å². The van der Waals surface area contributed by atoms with Crippen LogP contribution in [0.4, 0.5) is 13.2 Å². The third-order valence-corrected chi connectivity index (χ3v) is 3.82. The fourth-order valence-electron chi connectivity index (χ4n) is 2.17. The van der Waals surface area contributed by atoms with E-state index in [0.717, 1.165) is 12.1 Å². The fourth-order valence-corrected chi connectivity index (χ4v) is 2.39. The van der Waals surface area contributed by atoms with E-state index >= 15 is 0 Å². The van der Waals surface area contributed by atoms with Crippen LogP contribution in [0.3, 0.4) is 0 Å². The van der Waals surface area contributed by atoms with E-state index in [1.165, 1.54) is 24.3 Å². The molecule has 0 unspecified atom stereocenters. The first-order chi connectivity index (χ1) is 11.7. The molecule has 0 aliphatic rings. The second kappa shape index (κ2) is 7.57. The SMILES string of the molecule is NC(=O)[C@@H](Cc1ccc(C(F)(F)F)cc1)NC(=O)c1ccccc1Cl. The second-order valence-electron chi connectivity index (χ2n) is 5.31. The van der Waals surface area contributed by atoms with Crippen molar-refractivity contribution in [2.24, 2.45) is 5.73 Å². The largest absolute Gasteiger partial charge is 0.416 e. The smallest absolute Gasteiger partial charge is 0.368 e. The molecule has 0 saturated carbocycles. The lowest BCUT2D eigenvalue weighted by Gasteiger charge is -2.16. The maximum Gasteiger partial charge on any atom is 0.416 e. The molecular weight excluding hydrogens is 357 g/mol. The first-order valence-corrected chi connectivity index (χ1v) is 7.57. The third-order valence-electron chi connectivity index (χ3n) is 3.49. The summed E-state index contributed by atoms with van der Waals surface area (Å²) in [4.78, 5) is 23.8. The maximum absolute atomic E-state index is 12.6. The van der Waals surface area contributed by atoms with Crippen molar-refractivity contribution < 1.29 is 22.8 Å². The first-order valence-electron chi connectivity index (χ1n) is 7.19. The molecule has 1 atom stereocenters. The number of rotatable bonds is 5. The van der Waals surface area contributed by atoms with Gasteiger partial charge in [0.25, 0.3) is 5.91 Å². The molecule has 0 fully saturated rings. The van der Waals surface area contributed by atoms with Gasteiger partial charge in [0.15, 0.2) is 0 Å². The Labute approximate surface area is 146 Å². The number of amides is 2. The molecule has 2 amide bonds. The van der Waals surface area contributed by atoms with Crippen LogP contribution in [0.25, 0.3) is 0 Å². The summed E-state index contributed by atoms with van der Waals surface area (Å²) in [5.41, 5.74) is 5.08. The quantitative estimate of drug-likeness (QED) is 0.848. The summed E-state index contributed by atoms with van der Waals surface area (Å²) in [6.07, 6.45) is -4.48. The van der Waals surface area contributed by atoms with E-state index in [2.05, 4.69) is 5.32 Å². The van der Waals surface area contributed by atoms with Crippen LogP contribution < -0.4 is 11.1 Å². The Balaban J connectivity index is 2.12. The Morgan fingerprint density at radius 2 is 1.68 bits per heavy atom. The molecule has 2 aromatic carbocycles. The summed E-state index contributed by atoms with van der Waals surface area (Å²) in [7, 11) is 0. The molecule has 0 aliphatic heterocycles. The molecule has 4 nitrogen and oxygen atoms in total. The predicted molar refractivity (Wildman–Crippen MR) is 87.0 cm³/mol. The van der Waals surface area contributed by atoms with Crippen molar-refractivity contribution >= 4 is 23.4 Å². The summed E-state index contributed by atoms with van der Waals surface area (Å²) < 4.78 is 37.7. The normalized spacial score (nSPS) is 12.5. The van der Waals surface area contributed by atoms with Crippen molar-refractivity contribution in [2.75, 3.05) is 0 Å². The van der Waals surface area contributed by atoms with Gasteiger partial charge in [-0.2, -0.15) is 13.2 Å². The number of nitrogens with one attached hydrogen (secondary N) is 1. The summed E-state index contributed by atoms with van der Waals surface area (Å²) >= 11 is 5.92. The average molecular weight is 371 g/mol. The summed E-state index contributed by atoms with van der Waals surface area (Å²) in [5.74, 6) is -1.40. The van der Waals surface area contributed by atoms with E-state index < -0.39 is 29.6 Å². The molecule has 132 valence electrons. The number of carbonyl (C=O) groups is 2. The Morgan fingerprint density at radius 1 is 1.08 bits per heavy atom. The molecule has 0 aromatic heterocycles. The lowest BCUT2D eigenvalue weighted by Crippen LogP contribution is -2.45. The summed E-state index contributed by atoms with van der Waals surface area (Å²) in [5, 5.41) is 2.65. The molecule has 8 heteroatoms. The molecule has 0 saturated heterocycles. The van der Waals surface area contributed by atoms with Gasteiger partial charge in [-0.05, 0) is 29.8 Å². The van der Waals surface area contributed by atoms with Crippen molar-refractivity contribution in [2.45, 2.75) is 18.6 Å². The summed E-state index contributed by atoms with van der Waals surface area (Å²) in [6.45, 7) is 0. The number of halogens is 4. The van der Waals surface area contributed by atoms with Crippen LogP contribution in [0.5, 0.6) is 0 Å². The molecular formula is C17H14ClF3N2O2. The van der Waals surface area contributed by atoms with Gasteiger partial charge in [-0.25, -0.2) is 0 Å². The standard InChI is InChI=1S/C17H14ClF3N2O2/c18-13-4-2-1-3-12(13)16(25)23-14(15(22)24)9-10-5-7-11(8-6-10)17(19,20)21/h1-8,14H,9H2,(H2,22,24)(H,23,25)/t14-/m1/s1. The van der Waals surface area contributed by atoms with Crippen LogP contribution in [-0.4, -0.2) is 17.9 Å². The van der Waals surface area contributed by atoms with Crippen LogP contribution in [0.15, 0.2) is 48.5 Å². The van der Waals surface area contributed by atoms with Crippen LogP contribution in [0.1, 0.15) is 21.5 Å². The molecule has 2 aromatic rings. The van der Waals surface area contributed by atoms with E-state index in [4.69, 9.17) is 17.3 Å². The Kier molecular flexibility index (Phi) is 5.69. The van der Waals surface area contributed by atoms with E-state index in [9.17, 15) is 22.8 Å². The van der Waals surface area contributed by atoms with E-state index in [1.54, 1.807) is 12.1 Å². The highest BCUT2D eigenvalue weighted by atomic mass is 35.5. The van der Waals surface area contributed by atoms with Crippen LogP contribution >= 0.6 is 11.6 Å². The van der Waals surface area contributed by atoms with Gasteiger partial charge in [0.05, 0.1) is 16.1 Å². The molecule has 25 heavy (non-hydrogen) atoms. The van der Waals surface area contributed by atoms with Gasteiger partial charge < -0.3 is 11.1 Å². The third kappa shape index (κ3) is 4.96. The van der Waals surface area contributed by atoms with Gasteiger partial charge in [0.2, 0.25) is 5.91 Å². The maximum atomic E-state index is 12.6. The molecule has 2 rings (SSSR count). The van der Waals surface area contributed by atoms with Crippen LogP contribution in [-0.2, 0) is 17.4 Å². The molecule has 0 heterocycles. The van der Waals surface area contributed by atoms with Crippen molar-refractivity contribution in [3.05, 3.63) is 70.2 Å². The monoisotopic (exact) mass is 370 g/mol. The first kappa shape index (κ1) is 18.8. The minimum Gasteiger partial charge on any atom is -0.368 e. The number of benzene rings is 2. The number of hydrogen-bond acceptors (Lipinski definition) is 2. The zero-order valence-corrected chi connectivity index (χ0v) is 13.6. The Bertz CT molecular complexity index is 776. The van der Waals surface area contributed by atoms with Crippen molar-refractivity contribution in [3.8, 4) is 0 Å². The van der Waals surface area contributed by atoms with Crippen LogP contribution in [0, 0.1) is 0 Å². The number of alkyl halides is 3. The molecule has 0 aliphatic carbocycles. The van der Waals surface area contributed by atoms with E-state index in [-0.39, 0.29) is 17.0 Å². The van der Waals surface area contributed by atoms with Gasteiger partial charge >= 0.3 is 6.18 Å². The van der Waals surface area contributed by atoms with Crippen molar-refractivity contribution in [1.82, 2.24) is 5.32 Å². The zero-order chi connectivity index (χ0) is 18.6. The van der Waals surface area contributed by atoms with E-state index in [1.807, 2.05) is 0 Å². The highest BCUT2D eigenvalue weighted by Crippen LogP contribution is 2.29. The Hall–Kier alpha value is -2.54. The topological polar surface area (TPSA) is 72.2 Å². The predicted octanol–water partition coefficient (Wildman–Crippen LogP) is 3.19. The number of carbonyl (C=O) groups excluding carboxylic acids is 2. The fraction of sp³-hybridized carbons (Fsp3) is 0.176. The van der Waals surface area contributed by atoms with Gasteiger partial charge in [-0.3, -0.25) is 9.59 Å². The lowest BCUT2D eigenvalue weighted by molar-refractivity contribution is -0.137. The van der Waals surface area contributed by atoms with Gasteiger partial charge in [0, 0.05) is 6.42 Å². The van der Waals surface area contributed by atoms with Crippen molar-refractivity contribution in [3.63, 3.8) is 0 Å². The average Bonchev–Trinajstić information content (AvgIpc) is 2.54. The molecule has 0 bridgehead atoms. The summed E-state index contributed by atoms with van der Waals surface area (Å²) in [6, 6.07) is 9.45. The van der Waals surface area contributed by atoms with Gasteiger partial charge in [-0.1, -0.05) is 35.9 Å². The van der Waals surface area contributed by atoms with Crippen molar-refractivity contribution in [1.29, 1.82) is 0 Å². The van der Waals surface area contributed by atoms with Crippen LogP contribution in [0.2, 0.25) is 5.02 Å². The minimum absolute atomic E-state index is 0.0380. The molecule has 0 spiro atoms. The highest BCUT2D eigenvalue weighted by Gasteiger charge is 2.30. The molecule has 0 radical (unpaired) electrons. The molecule has 3 N–H and O–H groups in total. The van der Waals surface area contributed by atoms with Gasteiger partial charge in [0.1, 0.15) is 6.04 Å². The number of nitrogens with two attached hydrogens (primary N) is 1. The van der Waals surface area contributed by atoms with Gasteiger partial charge in [-0.15, -0.1) is 0 Å². The number of hydrogen-bond donors (Lipinski definition) is 2. The zero-order valence-electron chi connectivity index (χ0n) is 12.8. The highest BCUT2D eigenvalue weighted by molar-refractivity contribution is 6.33. The second-order valence-corrected chi connectivity index (χ2v) is 5.71. The Morgan fingerprint density at radius 3 is 2.20 bits per heavy atom. The number of primary amides is 1.